The SMILES string of the molecule is COC(=O)[C@@H](NC(=O)CC(C)(C)C)C(C)(C)C. The van der Waals surface area contributed by atoms with Gasteiger partial charge in [-0.1, -0.05) is 41.5 Å². The van der Waals surface area contributed by atoms with E-state index in [4.69, 9.17) is 4.74 Å². The Hall–Kier alpha value is -1.06. The van der Waals surface area contributed by atoms with E-state index in [1.807, 2.05) is 41.5 Å². The van der Waals surface area contributed by atoms with Gasteiger partial charge in [0.1, 0.15) is 6.04 Å². The van der Waals surface area contributed by atoms with Gasteiger partial charge in [-0.05, 0) is 10.8 Å². The molecule has 1 amide bonds. The molecule has 0 bridgehead atoms. The number of rotatable bonds is 3. The van der Waals surface area contributed by atoms with Crippen molar-refractivity contribution in [1.82, 2.24) is 5.32 Å². The van der Waals surface area contributed by atoms with Gasteiger partial charge in [0.15, 0.2) is 0 Å². The smallest absolute Gasteiger partial charge is 0.328 e. The van der Waals surface area contributed by atoms with Crippen molar-refractivity contribution < 1.29 is 14.3 Å². The molecule has 0 rings (SSSR count). The Morgan fingerprint density at radius 3 is 1.88 bits per heavy atom. The summed E-state index contributed by atoms with van der Waals surface area (Å²) in [6.07, 6.45) is 0.385. The van der Waals surface area contributed by atoms with Gasteiger partial charge in [0.25, 0.3) is 0 Å². The number of esters is 1. The lowest BCUT2D eigenvalue weighted by molar-refractivity contribution is -0.148. The van der Waals surface area contributed by atoms with Crippen molar-refractivity contribution in [3.05, 3.63) is 0 Å². The van der Waals surface area contributed by atoms with Crippen LogP contribution in [0.1, 0.15) is 48.0 Å². The van der Waals surface area contributed by atoms with E-state index in [9.17, 15) is 9.59 Å². The fourth-order valence-corrected chi connectivity index (χ4v) is 1.44. The van der Waals surface area contributed by atoms with Crippen LogP contribution in [-0.4, -0.2) is 25.0 Å². The Labute approximate surface area is 104 Å². The Morgan fingerprint density at radius 1 is 1.12 bits per heavy atom. The standard InChI is InChI=1S/C13H25NO3/c1-12(2,3)8-9(15)14-10(11(16)17-7)13(4,5)6/h10H,8H2,1-7H3,(H,14,15)/t10-/m1/s1. The maximum absolute atomic E-state index is 11.8. The molecule has 0 aliphatic heterocycles. The van der Waals surface area contributed by atoms with E-state index in [-0.39, 0.29) is 16.7 Å². The number of carbonyl (C=O) groups excluding carboxylic acids is 2. The summed E-state index contributed by atoms with van der Waals surface area (Å²) >= 11 is 0. The predicted molar refractivity (Wildman–Crippen MR) is 67.5 cm³/mol. The number of methoxy groups -OCH3 is 1. The highest BCUT2D eigenvalue weighted by Gasteiger charge is 2.34. The molecule has 100 valence electrons. The van der Waals surface area contributed by atoms with Crippen molar-refractivity contribution in [3.8, 4) is 0 Å². The molecule has 4 nitrogen and oxygen atoms in total. The van der Waals surface area contributed by atoms with Crippen LogP contribution in [0.25, 0.3) is 0 Å². The Morgan fingerprint density at radius 2 is 1.59 bits per heavy atom. The van der Waals surface area contributed by atoms with Crippen molar-refractivity contribution in [1.29, 1.82) is 0 Å². The van der Waals surface area contributed by atoms with Crippen LogP contribution in [0, 0.1) is 10.8 Å². The number of hydrogen-bond donors (Lipinski definition) is 1. The maximum atomic E-state index is 11.8. The van der Waals surface area contributed by atoms with Crippen molar-refractivity contribution in [2.75, 3.05) is 7.11 Å². The molecule has 0 saturated carbocycles. The van der Waals surface area contributed by atoms with Crippen molar-refractivity contribution in [3.63, 3.8) is 0 Å². The van der Waals surface area contributed by atoms with E-state index in [0.29, 0.717) is 6.42 Å². The van der Waals surface area contributed by atoms with E-state index < -0.39 is 12.0 Å². The summed E-state index contributed by atoms with van der Waals surface area (Å²) in [5.74, 6) is -0.525. The van der Waals surface area contributed by atoms with Crippen LogP contribution in [0.5, 0.6) is 0 Å². The minimum absolute atomic E-state index is 0.0946. The van der Waals surface area contributed by atoms with Crippen molar-refractivity contribution >= 4 is 11.9 Å². The van der Waals surface area contributed by atoms with Crippen LogP contribution in [0.3, 0.4) is 0 Å². The van der Waals surface area contributed by atoms with E-state index in [1.54, 1.807) is 0 Å². The van der Waals surface area contributed by atoms with Gasteiger partial charge >= 0.3 is 5.97 Å². The highest BCUT2D eigenvalue weighted by atomic mass is 16.5. The number of nitrogens with one attached hydrogen (secondary N) is 1. The second-order valence-corrected chi connectivity index (χ2v) is 6.63. The second-order valence-electron chi connectivity index (χ2n) is 6.63. The zero-order valence-corrected chi connectivity index (χ0v) is 12.0. The van der Waals surface area contributed by atoms with Crippen molar-refractivity contribution in [2.45, 2.75) is 54.0 Å². The molecule has 0 fully saturated rings. The molecule has 0 aliphatic carbocycles. The molecule has 0 spiro atoms. The molecule has 0 saturated heterocycles. The molecular formula is C13H25NO3. The molecule has 0 heterocycles. The van der Waals surface area contributed by atoms with Crippen LogP contribution in [-0.2, 0) is 14.3 Å². The quantitative estimate of drug-likeness (QED) is 0.772. The van der Waals surface area contributed by atoms with E-state index in [0.717, 1.165) is 0 Å². The summed E-state index contributed by atoms with van der Waals surface area (Å²) in [4.78, 5) is 23.4. The molecule has 0 unspecified atom stereocenters. The van der Waals surface area contributed by atoms with Crippen LogP contribution in [0.4, 0.5) is 0 Å². The first kappa shape index (κ1) is 15.9. The molecule has 17 heavy (non-hydrogen) atoms. The topological polar surface area (TPSA) is 55.4 Å². The number of amides is 1. The Bertz CT molecular complexity index is 284. The van der Waals surface area contributed by atoms with Gasteiger partial charge in [0.2, 0.25) is 5.91 Å². The number of ether oxygens (including phenoxy) is 1. The van der Waals surface area contributed by atoms with Gasteiger partial charge in [0.05, 0.1) is 7.11 Å². The summed E-state index contributed by atoms with van der Waals surface area (Å²) in [5, 5.41) is 2.75. The largest absolute Gasteiger partial charge is 0.467 e. The van der Waals surface area contributed by atoms with Gasteiger partial charge in [-0.25, -0.2) is 4.79 Å². The first-order valence-corrected chi connectivity index (χ1v) is 5.84. The molecule has 4 heteroatoms. The van der Waals surface area contributed by atoms with Crippen LogP contribution >= 0.6 is 0 Å². The fourth-order valence-electron chi connectivity index (χ4n) is 1.44. The Kier molecular flexibility index (Phi) is 5.17. The van der Waals surface area contributed by atoms with Gasteiger partial charge in [-0.3, -0.25) is 4.79 Å². The average Bonchev–Trinajstić information content (AvgIpc) is 2.08. The summed E-state index contributed by atoms with van der Waals surface area (Å²) < 4.78 is 4.72. The van der Waals surface area contributed by atoms with Gasteiger partial charge in [-0.15, -0.1) is 0 Å². The average molecular weight is 243 g/mol. The van der Waals surface area contributed by atoms with Gasteiger partial charge < -0.3 is 10.1 Å². The molecule has 1 N–H and O–H groups in total. The zero-order chi connectivity index (χ0) is 13.9. The maximum Gasteiger partial charge on any atom is 0.328 e. The third-order valence-electron chi connectivity index (χ3n) is 2.30. The van der Waals surface area contributed by atoms with E-state index in [1.165, 1.54) is 7.11 Å². The Balaban J connectivity index is 4.67. The zero-order valence-electron chi connectivity index (χ0n) is 12.0. The molecule has 0 aromatic carbocycles. The lowest BCUT2D eigenvalue weighted by atomic mass is 9.85. The molecule has 0 aliphatic rings. The summed E-state index contributed by atoms with van der Waals surface area (Å²) in [6, 6.07) is -0.609. The first-order valence-electron chi connectivity index (χ1n) is 5.84. The highest BCUT2D eigenvalue weighted by Crippen LogP contribution is 2.22. The third-order valence-corrected chi connectivity index (χ3v) is 2.30. The number of carbonyl (C=O) groups is 2. The molecule has 0 aromatic rings. The minimum Gasteiger partial charge on any atom is -0.467 e. The molecule has 1 atom stereocenters. The lowest BCUT2D eigenvalue weighted by Crippen LogP contribution is -2.50. The molecule has 0 aromatic heterocycles. The molecular weight excluding hydrogens is 218 g/mol. The summed E-state index contributed by atoms with van der Waals surface area (Å²) in [7, 11) is 1.33. The monoisotopic (exact) mass is 243 g/mol. The van der Waals surface area contributed by atoms with Crippen LogP contribution in [0.15, 0.2) is 0 Å². The van der Waals surface area contributed by atoms with E-state index in [2.05, 4.69) is 5.32 Å². The van der Waals surface area contributed by atoms with Crippen LogP contribution < -0.4 is 5.32 Å². The second kappa shape index (κ2) is 5.52. The predicted octanol–water partition coefficient (Wildman–Crippen LogP) is 2.13. The first-order chi connectivity index (χ1) is 7.47. The molecule has 0 radical (unpaired) electrons. The van der Waals surface area contributed by atoms with E-state index >= 15 is 0 Å². The normalized spacial score (nSPS) is 14.1. The lowest BCUT2D eigenvalue weighted by Gasteiger charge is -2.30. The van der Waals surface area contributed by atoms with Crippen LogP contribution in [0.2, 0.25) is 0 Å². The summed E-state index contributed by atoms with van der Waals surface area (Å²) in [6.45, 7) is 11.6. The fraction of sp³-hybridized carbons (Fsp3) is 0.846. The van der Waals surface area contributed by atoms with Gasteiger partial charge in [0, 0.05) is 6.42 Å². The minimum atomic E-state index is -0.609. The highest BCUT2D eigenvalue weighted by molar-refractivity contribution is 5.85. The third kappa shape index (κ3) is 6.29. The summed E-state index contributed by atoms with van der Waals surface area (Å²) in [5.41, 5.74) is -0.455. The number of hydrogen-bond acceptors (Lipinski definition) is 3. The van der Waals surface area contributed by atoms with Gasteiger partial charge in [-0.2, -0.15) is 0 Å². The van der Waals surface area contributed by atoms with Crippen molar-refractivity contribution in [2.24, 2.45) is 10.8 Å².